The molecule has 0 aromatic carbocycles. The molecule has 0 radical (unpaired) electrons. The largest absolute Gasteiger partial charge is 0.281 e. The lowest BCUT2D eigenvalue weighted by molar-refractivity contribution is 0.586. The Kier molecular flexibility index (Phi) is 4.56. The normalized spacial score (nSPS) is 20.2. The zero-order chi connectivity index (χ0) is 14.0. The van der Waals surface area contributed by atoms with E-state index in [1.165, 1.54) is 25.3 Å². The summed E-state index contributed by atoms with van der Waals surface area (Å²) in [4.78, 5) is 0. The van der Waals surface area contributed by atoms with E-state index < -0.39 is 30.7 Å². The average Bonchev–Trinajstić information content (AvgIpc) is 2.61. The number of allylic oxidation sites excluding steroid dienone is 1. The Balaban J connectivity index is 3.08. The van der Waals surface area contributed by atoms with Crippen LogP contribution in [0.1, 0.15) is 13.8 Å². The van der Waals surface area contributed by atoms with Crippen LogP contribution in [0.15, 0.2) is 22.2 Å². The Morgan fingerprint density at radius 3 is 2.11 bits per heavy atom. The molecule has 18 heavy (non-hydrogen) atoms. The predicted molar refractivity (Wildman–Crippen MR) is 71.4 cm³/mol. The van der Waals surface area contributed by atoms with Crippen LogP contribution in [0.4, 0.5) is 0 Å². The molecule has 1 rings (SSSR count). The van der Waals surface area contributed by atoms with Gasteiger partial charge in [-0.2, -0.15) is 0 Å². The monoisotopic (exact) mass is 313 g/mol. The highest BCUT2D eigenvalue weighted by Crippen LogP contribution is 2.17. The summed E-state index contributed by atoms with van der Waals surface area (Å²) in [5, 5.41) is 1.50. The standard InChI is InChI=1S/C8H15N3O4S3/c1-3-17(12,13)10-7-5-6-16(9)8(7)11-18(14,15)4-2/h5-6,9-11H,3-4H2,1-2H3. The smallest absolute Gasteiger partial charge is 0.232 e. The lowest BCUT2D eigenvalue weighted by Gasteiger charge is -2.11. The summed E-state index contributed by atoms with van der Waals surface area (Å²) in [6.45, 7) is 2.93. The van der Waals surface area contributed by atoms with Crippen molar-refractivity contribution >= 4 is 30.7 Å². The van der Waals surface area contributed by atoms with Crippen LogP contribution in [-0.4, -0.2) is 28.3 Å². The topological polar surface area (TPSA) is 116 Å². The van der Waals surface area contributed by atoms with E-state index in [9.17, 15) is 16.8 Å². The van der Waals surface area contributed by atoms with Gasteiger partial charge in [0.25, 0.3) is 0 Å². The maximum absolute atomic E-state index is 11.5. The van der Waals surface area contributed by atoms with Gasteiger partial charge in [0.2, 0.25) is 20.0 Å². The van der Waals surface area contributed by atoms with Crippen LogP contribution in [0.5, 0.6) is 0 Å². The van der Waals surface area contributed by atoms with E-state index in [2.05, 4.69) is 9.44 Å². The van der Waals surface area contributed by atoms with Crippen molar-refractivity contribution in [2.75, 3.05) is 11.5 Å². The second-order valence-corrected chi connectivity index (χ2v) is 8.77. The minimum Gasteiger partial charge on any atom is -0.281 e. The molecule has 1 unspecified atom stereocenters. The molecule has 3 N–H and O–H groups in total. The average molecular weight is 313 g/mol. The van der Waals surface area contributed by atoms with Crippen LogP contribution in [0.3, 0.4) is 0 Å². The molecule has 10 heteroatoms. The summed E-state index contributed by atoms with van der Waals surface area (Å²) in [6, 6.07) is 0. The first-order chi connectivity index (χ1) is 8.21. The zero-order valence-electron chi connectivity index (χ0n) is 9.93. The summed E-state index contributed by atoms with van der Waals surface area (Å²) in [6.07, 6.45) is 1.40. The molecule has 7 nitrogen and oxygen atoms in total. The van der Waals surface area contributed by atoms with Crippen molar-refractivity contribution in [3.05, 3.63) is 22.2 Å². The maximum atomic E-state index is 11.5. The third-order valence-electron chi connectivity index (χ3n) is 2.11. The minimum absolute atomic E-state index is 0.0638. The van der Waals surface area contributed by atoms with Crippen molar-refractivity contribution in [2.45, 2.75) is 13.8 Å². The van der Waals surface area contributed by atoms with E-state index in [0.717, 1.165) is 0 Å². The van der Waals surface area contributed by atoms with Gasteiger partial charge in [0.15, 0.2) is 0 Å². The SMILES string of the molecule is CCS(=O)(=O)NC1=C(NS(=O)(=O)CC)S(=N)C=C1. The Morgan fingerprint density at radius 1 is 1.11 bits per heavy atom. The molecule has 1 aliphatic heterocycles. The van der Waals surface area contributed by atoms with Gasteiger partial charge in [0, 0.05) is 0 Å². The third-order valence-corrected chi connectivity index (χ3v) is 5.97. The van der Waals surface area contributed by atoms with Gasteiger partial charge in [-0.3, -0.25) is 14.2 Å². The molecule has 1 heterocycles. The molecule has 0 fully saturated rings. The molecule has 1 aliphatic rings. The Hall–Kier alpha value is -0.870. The zero-order valence-corrected chi connectivity index (χ0v) is 12.4. The molecule has 0 aliphatic carbocycles. The van der Waals surface area contributed by atoms with Crippen LogP contribution in [-0.2, 0) is 30.7 Å². The van der Waals surface area contributed by atoms with Gasteiger partial charge in [0.1, 0.15) is 5.03 Å². The van der Waals surface area contributed by atoms with Gasteiger partial charge < -0.3 is 0 Å². The van der Waals surface area contributed by atoms with E-state index in [0.29, 0.717) is 0 Å². The van der Waals surface area contributed by atoms with Crippen molar-refractivity contribution in [3.8, 4) is 0 Å². The van der Waals surface area contributed by atoms with Gasteiger partial charge in [-0.05, 0) is 36.0 Å². The Morgan fingerprint density at radius 2 is 1.61 bits per heavy atom. The number of sulfonamides is 2. The molecule has 0 amide bonds. The van der Waals surface area contributed by atoms with Crippen LogP contribution in [0.25, 0.3) is 0 Å². The van der Waals surface area contributed by atoms with Gasteiger partial charge in [-0.25, -0.2) is 16.8 Å². The lowest BCUT2D eigenvalue weighted by atomic mass is 10.5. The van der Waals surface area contributed by atoms with Crippen molar-refractivity contribution in [3.63, 3.8) is 0 Å². The van der Waals surface area contributed by atoms with E-state index in [1.54, 1.807) is 0 Å². The van der Waals surface area contributed by atoms with E-state index in [4.69, 9.17) is 4.78 Å². The van der Waals surface area contributed by atoms with E-state index >= 15 is 0 Å². The Bertz CT molecular complexity index is 578. The minimum atomic E-state index is -3.53. The number of hydrogen-bond donors (Lipinski definition) is 3. The van der Waals surface area contributed by atoms with Crippen molar-refractivity contribution in [1.29, 1.82) is 4.78 Å². The first kappa shape index (κ1) is 15.2. The second kappa shape index (κ2) is 5.41. The summed E-state index contributed by atoms with van der Waals surface area (Å²) in [5.74, 6) is -0.258. The van der Waals surface area contributed by atoms with E-state index in [1.807, 2.05) is 0 Å². The maximum Gasteiger partial charge on any atom is 0.232 e. The molecule has 0 saturated heterocycles. The summed E-state index contributed by atoms with van der Waals surface area (Å²) >= 11 is 0. The highest BCUT2D eigenvalue weighted by atomic mass is 32.2. The lowest BCUT2D eigenvalue weighted by Crippen LogP contribution is -2.31. The fraction of sp³-hybridized carbons (Fsp3) is 0.500. The molecule has 0 spiro atoms. The molecule has 104 valence electrons. The van der Waals surface area contributed by atoms with Crippen molar-refractivity contribution in [1.82, 2.24) is 9.44 Å². The first-order valence-electron chi connectivity index (χ1n) is 5.08. The van der Waals surface area contributed by atoms with Crippen LogP contribution >= 0.6 is 0 Å². The Labute approximate surface area is 109 Å². The molecular formula is C8H15N3O4S3. The molecule has 0 bridgehead atoms. The van der Waals surface area contributed by atoms with Gasteiger partial charge in [-0.1, -0.05) is 0 Å². The van der Waals surface area contributed by atoms with Gasteiger partial charge >= 0.3 is 0 Å². The second-order valence-electron chi connectivity index (χ2n) is 3.39. The van der Waals surface area contributed by atoms with Crippen LogP contribution in [0.2, 0.25) is 0 Å². The molecular weight excluding hydrogens is 298 g/mol. The molecule has 0 aromatic heterocycles. The van der Waals surface area contributed by atoms with E-state index in [-0.39, 0.29) is 22.2 Å². The summed E-state index contributed by atoms with van der Waals surface area (Å²) in [5.41, 5.74) is 0.118. The number of nitrogens with one attached hydrogen (secondary N) is 3. The van der Waals surface area contributed by atoms with Crippen molar-refractivity contribution < 1.29 is 16.8 Å². The quantitative estimate of drug-likeness (QED) is 0.637. The number of hydrogen-bond acceptors (Lipinski definition) is 5. The first-order valence-corrected chi connectivity index (χ1v) is 9.67. The predicted octanol–water partition coefficient (Wildman–Crippen LogP) is -0.0579. The highest BCUT2D eigenvalue weighted by molar-refractivity contribution is 7.95. The molecule has 0 aromatic rings. The van der Waals surface area contributed by atoms with Crippen molar-refractivity contribution in [2.24, 2.45) is 0 Å². The molecule has 0 saturated carbocycles. The molecule has 1 atom stereocenters. The van der Waals surface area contributed by atoms with Crippen LogP contribution in [0, 0.1) is 4.78 Å². The number of rotatable bonds is 6. The van der Waals surface area contributed by atoms with Gasteiger partial charge in [0.05, 0.1) is 17.2 Å². The fourth-order valence-electron chi connectivity index (χ4n) is 1.03. The third kappa shape index (κ3) is 3.82. The van der Waals surface area contributed by atoms with Gasteiger partial charge in [-0.15, -0.1) is 0 Å². The summed E-state index contributed by atoms with van der Waals surface area (Å²) in [7, 11) is -8.21. The fourth-order valence-corrected chi connectivity index (χ4v) is 3.79. The van der Waals surface area contributed by atoms with Crippen LogP contribution < -0.4 is 9.44 Å². The summed E-state index contributed by atoms with van der Waals surface area (Å²) < 4.78 is 57.9. The highest BCUT2D eigenvalue weighted by Gasteiger charge is 2.21.